The van der Waals surface area contributed by atoms with Gasteiger partial charge in [-0.15, -0.1) is 0 Å². The van der Waals surface area contributed by atoms with Crippen LogP contribution in [0.1, 0.15) is 13.3 Å². The van der Waals surface area contributed by atoms with Crippen LogP contribution in [0, 0.1) is 0 Å². The molecule has 12 heavy (non-hydrogen) atoms. The highest BCUT2D eigenvalue weighted by Crippen LogP contribution is 2.14. The number of hydrogen-bond donors (Lipinski definition) is 2. The molecule has 0 aromatic heterocycles. The van der Waals surface area contributed by atoms with Crippen LogP contribution in [0.4, 0.5) is 0 Å². The molecule has 1 heterocycles. The molecule has 1 aliphatic heterocycles. The third-order valence-electron chi connectivity index (χ3n) is 2.10. The van der Waals surface area contributed by atoms with E-state index in [1.54, 1.807) is 4.90 Å². The van der Waals surface area contributed by atoms with E-state index < -0.39 is 12.0 Å². The minimum Gasteiger partial charge on any atom is -0.480 e. The molecule has 0 spiro atoms. The maximum absolute atomic E-state index is 10.7. The molecule has 0 radical (unpaired) electrons. The summed E-state index contributed by atoms with van der Waals surface area (Å²) in [4.78, 5) is 12.5. The summed E-state index contributed by atoms with van der Waals surface area (Å²) in [6, 6.07) is -0.722. The lowest BCUT2D eigenvalue weighted by molar-refractivity contribution is -0.140. The molecular formula is C7H12N2O3. The Morgan fingerprint density at radius 3 is 2.92 bits per heavy atom. The van der Waals surface area contributed by atoms with Crippen molar-refractivity contribution in [1.29, 1.82) is 0 Å². The van der Waals surface area contributed by atoms with E-state index in [0.717, 1.165) is 0 Å². The SMILES string of the molecule is CCN1CCC(=NO)C1C(=O)O. The van der Waals surface area contributed by atoms with Gasteiger partial charge in [-0.1, -0.05) is 12.1 Å². The van der Waals surface area contributed by atoms with Crippen molar-refractivity contribution in [3.8, 4) is 0 Å². The number of rotatable bonds is 2. The fraction of sp³-hybridized carbons (Fsp3) is 0.714. The van der Waals surface area contributed by atoms with Gasteiger partial charge in [0.2, 0.25) is 0 Å². The number of oxime groups is 1. The third kappa shape index (κ3) is 1.40. The fourth-order valence-corrected chi connectivity index (χ4v) is 1.48. The van der Waals surface area contributed by atoms with E-state index in [4.69, 9.17) is 10.3 Å². The molecule has 2 N–H and O–H groups in total. The molecule has 0 aromatic carbocycles. The van der Waals surface area contributed by atoms with Gasteiger partial charge in [0.15, 0.2) is 6.04 Å². The molecule has 1 saturated heterocycles. The van der Waals surface area contributed by atoms with Gasteiger partial charge in [0.25, 0.3) is 0 Å². The van der Waals surface area contributed by atoms with Crippen LogP contribution in [0.15, 0.2) is 5.16 Å². The predicted molar refractivity (Wildman–Crippen MR) is 42.5 cm³/mol. The highest BCUT2D eigenvalue weighted by atomic mass is 16.4. The van der Waals surface area contributed by atoms with Crippen LogP contribution in [0.5, 0.6) is 0 Å². The summed E-state index contributed by atoms with van der Waals surface area (Å²) >= 11 is 0. The lowest BCUT2D eigenvalue weighted by atomic mass is 10.2. The molecule has 1 aliphatic rings. The molecule has 0 bridgehead atoms. The standard InChI is InChI=1S/C7H12N2O3/c1-2-9-4-3-5(8-12)6(9)7(10)11/h6,12H,2-4H2,1H3,(H,10,11). The van der Waals surface area contributed by atoms with Crippen molar-refractivity contribution in [2.45, 2.75) is 19.4 Å². The summed E-state index contributed by atoms with van der Waals surface area (Å²) in [5.74, 6) is -0.942. The first-order chi connectivity index (χ1) is 5.70. The molecule has 5 nitrogen and oxygen atoms in total. The minimum absolute atomic E-state index is 0.351. The second-order valence-corrected chi connectivity index (χ2v) is 2.71. The van der Waals surface area contributed by atoms with Crippen LogP contribution in [-0.4, -0.2) is 46.0 Å². The van der Waals surface area contributed by atoms with Gasteiger partial charge in [-0.2, -0.15) is 0 Å². The summed E-state index contributed by atoms with van der Waals surface area (Å²) in [7, 11) is 0. The molecule has 1 unspecified atom stereocenters. The van der Waals surface area contributed by atoms with E-state index in [1.807, 2.05) is 6.92 Å². The first-order valence-corrected chi connectivity index (χ1v) is 3.88. The van der Waals surface area contributed by atoms with Crippen molar-refractivity contribution >= 4 is 11.7 Å². The van der Waals surface area contributed by atoms with E-state index in [1.165, 1.54) is 0 Å². The molecule has 0 aromatic rings. The minimum atomic E-state index is -0.942. The molecule has 1 atom stereocenters. The number of nitrogens with zero attached hydrogens (tertiary/aromatic N) is 2. The topological polar surface area (TPSA) is 73.1 Å². The van der Waals surface area contributed by atoms with Gasteiger partial charge in [0, 0.05) is 13.0 Å². The van der Waals surface area contributed by atoms with Gasteiger partial charge in [-0.3, -0.25) is 9.69 Å². The zero-order chi connectivity index (χ0) is 9.14. The second-order valence-electron chi connectivity index (χ2n) is 2.71. The molecule has 1 fully saturated rings. The van der Waals surface area contributed by atoms with Crippen LogP contribution in [-0.2, 0) is 4.79 Å². The van der Waals surface area contributed by atoms with E-state index >= 15 is 0 Å². The van der Waals surface area contributed by atoms with Gasteiger partial charge >= 0.3 is 5.97 Å². The Balaban J connectivity index is 2.80. The summed E-state index contributed by atoms with van der Waals surface area (Å²) in [5.41, 5.74) is 0.351. The Hall–Kier alpha value is -1.10. The Morgan fingerprint density at radius 1 is 1.83 bits per heavy atom. The van der Waals surface area contributed by atoms with Gasteiger partial charge in [0.05, 0.1) is 5.71 Å². The van der Waals surface area contributed by atoms with Gasteiger partial charge in [-0.25, -0.2) is 0 Å². The van der Waals surface area contributed by atoms with Crippen LogP contribution in [0.2, 0.25) is 0 Å². The van der Waals surface area contributed by atoms with Crippen LogP contribution in [0.25, 0.3) is 0 Å². The Kier molecular flexibility index (Phi) is 2.65. The average Bonchev–Trinajstić information content (AvgIpc) is 2.46. The Labute approximate surface area is 70.3 Å². The number of carboxylic acid groups (broad SMARTS) is 1. The van der Waals surface area contributed by atoms with Crippen molar-refractivity contribution in [1.82, 2.24) is 4.90 Å². The van der Waals surface area contributed by atoms with Crippen molar-refractivity contribution in [2.24, 2.45) is 5.16 Å². The number of carboxylic acids is 1. The van der Waals surface area contributed by atoms with Crippen LogP contribution < -0.4 is 0 Å². The highest BCUT2D eigenvalue weighted by molar-refractivity contribution is 6.06. The van der Waals surface area contributed by atoms with Gasteiger partial charge in [0.1, 0.15) is 0 Å². The second kappa shape index (κ2) is 3.53. The normalized spacial score (nSPS) is 28.1. The summed E-state index contributed by atoms with van der Waals surface area (Å²) in [6.07, 6.45) is 0.543. The first kappa shape index (κ1) is 8.99. The molecule has 1 rings (SSSR count). The van der Waals surface area contributed by atoms with E-state index in [-0.39, 0.29) is 0 Å². The zero-order valence-electron chi connectivity index (χ0n) is 6.90. The van der Waals surface area contributed by atoms with Crippen molar-refractivity contribution in [3.05, 3.63) is 0 Å². The smallest absolute Gasteiger partial charge is 0.326 e. The van der Waals surface area contributed by atoms with Crippen molar-refractivity contribution in [3.63, 3.8) is 0 Å². The molecule has 5 heteroatoms. The summed E-state index contributed by atoms with van der Waals surface area (Å²) in [6.45, 7) is 3.21. The van der Waals surface area contributed by atoms with Crippen LogP contribution in [0.3, 0.4) is 0 Å². The summed E-state index contributed by atoms with van der Waals surface area (Å²) < 4.78 is 0. The Morgan fingerprint density at radius 2 is 2.50 bits per heavy atom. The van der Waals surface area contributed by atoms with Gasteiger partial charge < -0.3 is 10.3 Å². The Bertz CT molecular complexity index is 215. The lowest BCUT2D eigenvalue weighted by Crippen LogP contribution is -2.39. The number of aliphatic carboxylic acids is 1. The molecule has 0 amide bonds. The van der Waals surface area contributed by atoms with Gasteiger partial charge in [-0.05, 0) is 6.54 Å². The van der Waals surface area contributed by atoms with E-state index in [0.29, 0.717) is 25.2 Å². The van der Waals surface area contributed by atoms with Crippen LogP contribution >= 0.6 is 0 Å². The monoisotopic (exact) mass is 172 g/mol. The number of likely N-dealkylation sites (tertiary alicyclic amines) is 1. The maximum Gasteiger partial charge on any atom is 0.326 e. The number of likely N-dealkylation sites (N-methyl/N-ethyl adjacent to an activating group) is 1. The quantitative estimate of drug-likeness (QED) is 0.454. The third-order valence-corrected chi connectivity index (χ3v) is 2.10. The van der Waals surface area contributed by atoms with Crippen molar-refractivity contribution < 1.29 is 15.1 Å². The average molecular weight is 172 g/mol. The summed E-state index contributed by atoms with van der Waals surface area (Å²) in [5, 5.41) is 20.3. The first-order valence-electron chi connectivity index (χ1n) is 3.88. The van der Waals surface area contributed by atoms with Crippen molar-refractivity contribution in [2.75, 3.05) is 13.1 Å². The van der Waals surface area contributed by atoms with E-state index in [9.17, 15) is 4.79 Å². The highest BCUT2D eigenvalue weighted by Gasteiger charge is 2.35. The molecule has 0 saturated carbocycles. The lowest BCUT2D eigenvalue weighted by Gasteiger charge is -2.17. The largest absolute Gasteiger partial charge is 0.480 e. The molecule has 0 aliphatic carbocycles. The maximum atomic E-state index is 10.7. The fourth-order valence-electron chi connectivity index (χ4n) is 1.48. The molecular weight excluding hydrogens is 160 g/mol. The predicted octanol–water partition coefficient (Wildman–Crippen LogP) is -0.00460. The number of carbonyl (C=O) groups is 1. The van der Waals surface area contributed by atoms with E-state index in [2.05, 4.69) is 5.16 Å². The number of hydrogen-bond acceptors (Lipinski definition) is 4. The zero-order valence-corrected chi connectivity index (χ0v) is 6.90. The molecule has 68 valence electrons.